The second-order valence-electron chi connectivity index (χ2n) is 11.6. The number of aliphatic hydroxyl groups is 2. The molecule has 30 heavy (non-hydrogen) atoms. The van der Waals surface area contributed by atoms with E-state index in [1.807, 2.05) is 6.92 Å². The molecule has 0 saturated heterocycles. The van der Waals surface area contributed by atoms with Gasteiger partial charge in [-0.15, -0.1) is 0 Å². The van der Waals surface area contributed by atoms with Gasteiger partial charge in [0.2, 0.25) is 0 Å². The van der Waals surface area contributed by atoms with Crippen molar-refractivity contribution in [3.05, 3.63) is 35.5 Å². The molecule has 0 amide bonds. The Labute approximate surface area is 185 Å². The second-order valence-corrected chi connectivity index (χ2v) is 11.6. The molecule has 0 spiro atoms. The predicted molar refractivity (Wildman–Crippen MR) is 127 cm³/mol. The van der Waals surface area contributed by atoms with E-state index in [1.54, 1.807) is 5.57 Å². The van der Waals surface area contributed by atoms with Gasteiger partial charge in [0.25, 0.3) is 0 Å². The highest BCUT2D eigenvalue weighted by Gasteiger charge is 2.50. The lowest BCUT2D eigenvalue weighted by atomic mass is 9.60. The van der Waals surface area contributed by atoms with Crippen LogP contribution >= 0.6 is 0 Å². The number of rotatable bonds is 6. The van der Waals surface area contributed by atoms with E-state index >= 15 is 0 Å². The van der Waals surface area contributed by atoms with Crippen LogP contribution in [0.4, 0.5) is 0 Å². The first-order valence-electron chi connectivity index (χ1n) is 12.5. The molecule has 0 aromatic heterocycles. The Morgan fingerprint density at radius 3 is 2.60 bits per heavy atom. The van der Waals surface area contributed by atoms with Crippen LogP contribution in [0, 0.1) is 29.1 Å². The number of hydrogen-bond acceptors (Lipinski definition) is 2. The molecule has 0 heterocycles. The summed E-state index contributed by atoms with van der Waals surface area (Å²) in [4.78, 5) is 0. The fraction of sp³-hybridized carbons (Fsp3) is 0.786. The third-order valence-corrected chi connectivity index (χ3v) is 9.26. The standard InChI is InChI=1S/C28H46O2/c1-19(2)28(6,30)17-15-21(4)25-13-14-26-22(8-7-16-27(25,26)5)10-11-23-18-24(29)12-9-20(23)3/h10-11,19,21,24-26,29-30H,3,7-9,12-18H2,1-2,4-6H3/b22-10-,23-11+/t21?,24-,25+,26?,27?,28+/m0/s1. The minimum atomic E-state index is -0.552. The summed E-state index contributed by atoms with van der Waals surface area (Å²) in [7, 11) is 0. The van der Waals surface area contributed by atoms with Crippen molar-refractivity contribution in [1.29, 1.82) is 0 Å². The normalized spacial score (nSPS) is 38.1. The van der Waals surface area contributed by atoms with E-state index < -0.39 is 5.60 Å². The van der Waals surface area contributed by atoms with E-state index in [-0.39, 0.29) is 6.10 Å². The molecular formula is C28H46O2. The maximum Gasteiger partial charge on any atom is 0.0642 e. The lowest BCUT2D eigenvalue weighted by molar-refractivity contribution is -0.00642. The van der Waals surface area contributed by atoms with Crippen molar-refractivity contribution in [3.63, 3.8) is 0 Å². The Morgan fingerprint density at radius 2 is 1.90 bits per heavy atom. The van der Waals surface area contributed by atoms with Gasteiger partial charge < -0.3 is 10.2 Å². The molecule has 2 heteroatoms. The summed E-state index contributed by atoms with van der Waals surface area (Å²) in [6, 6.07) is 0. The number of allylic oxidation sites excluding steroid dienone is 4. The van der Waals surface area contributed by atoms with Crippen LogP contribution in [-0.2, 0) is 0 Å². The van der Waals surface area contributed by atoms with Crippen LogP contribution in [-0.4, -0.2) is 21.9 Å². The Kier molecular flexibility index (Phi) is 7.40. The van der Waals surface area contributed by atoms with Gasteiger partial charge in [-0.3, -0.25) is 0 Å². The van der Waals surface area contributed by atoms with Crippen LogP contribution in [0.1, 0.15) is 98.8 Å². The predicted octanol–water partition coefficient (Wildman–Crippen LogP) is 6.98. The minimum absolute atomic E-state index is 0.198. The van der Waals surface area contributed by atoms with E-state index in [0.29, 0.717) is 23.2 Å². The Bertz CT molecular complexity index is 683. The molecule has 0 aromatic rings. The number of aliphatic hydroxyl groups excluding tert-OH is 1. The monoisotopic (exact) mass is 414 g/mol. The quantitative estimate of drug-likeness (QED) is 0.492. The molecule has 0 radical (unpaired) electrons. The molecule has 0 aliphatic heterocycles. The average molecular weight is 415 g/mol. The van der Waals surface area contributed by atoms with Crippen molar-refractivity contribution in [3.8, 4) is 0 Å². The maximum absolute atomic E-state index is 10.7. The summed E-state index contributed by atoms with van der Waals surface area (Å²) in [5, 5.41) is 20.8. The van der Waals surface area contributed by atoms with Crippen molar-refractivity contribution in [2.75, 3.05) is 0 Å². The first-order chi connectivity index (χ1) is 14.0. The molecule has 2 N–H and O–H groups in total. The van der Waals surface area contributed by atoms with Crippen LogP contribution in [0.2, 0.25) is 0 Å². The van der Waals surface area contributed by atoms with Gasteiger partial charge in [0, 0.05) is 0 Å². The fourth-order valence-electron chi connectivity index (χ4n) is 6.62. The van der Waals surface area contributed by atoms with E-state index in [4.69, 9.17) is 0 Å². The number of fused-ring (bicyclic) bond motifs is 1. The lowest BCUT2D eigenvalue weighted by Crippen LogP contribution is -2.37. The summed E-state index contributed by atoms with van der Waals surface area (Å²) in [5.74, 6) is 2.43. The van der Waals surface area contributed by atoms with Gasteiger partial charge >= 0.3 is 0 Å². The van der Waals surface area contributed by atoms with Crippen molar-refractivity contribution in [2.45, 2.75) is 111 Å². The zero-order valence-electron chi connectivity index (χ0n) is 20.2. The van der Waals surface area contributed by atoms with Crippen LogP contribution in [0.5, 0.6) is 0 Å². The van der Waals surface area contributed by atoms with Crippen molar-refractivity contribution < 1.29 is 10.2 Å². The third-order valence-electron chi connectivity index (χ3n) is 9.26. The van der Waals surface area contributed by atoms with Crippen molar-refractivity contribution in [1.82, 2.24) is 0 Å². The summed E-state index contributed by atoms with van der Waals surface area (Å²) in [5.41, 5.74) is 3.95. The van der Waals surface area contributed by atoms with Crippen LogP contribution < -0.4 is 0 Å². The van der Waals surface area contributed by atoms with Gasteiger partial charge in [-0.05, 0) is 106 Å². The summed E-state index contributed by atoms with van der Waals surface area (Å²) in [6.07, 6.45) is 15.6. The molecule has 3 fully saturated rings. The smallest absolute Gasteiger partial charge is 0.0642 e. The van der Waals surface area contributed by atoms with E-state index in [0.717, 1.165) is 38.0 Å². The van der Waals surface area contributed by atoms with Gasteiger partial charge in [0.15, 0.2) is 0 Å². The van der Waals surface area contributed by atoms with Crippen molar-refractivity contribution >= 4 is 0 Å². The lowest BCUT2D eigenvalue weighted by Gasteiger charge is -2.45. The molecular weight excluding hydrogens is 368 g/mol. The fourth-order valence-corrected chi connectivity index (χ4v) is 6.62. The molecule has 3 aliphatic rings. The highest BCUT2D eigenvalue weighted by Crippen LogP contribution is 2.60. The summed E-state index contributed by atoms with van der Waals surface area (Å²) < 4.78 is 0. The zero-order valence-corrected chi connectivity index (χ0v) is 20.2. The van der Waals surface area contributed by atoms with E-state index in [9.17, 15) is 10.2 Å². The van der Waals surface area contributed by atoms with Crippen molar-refractivity contribution in [2.24, 2.45) is 29.1 Å². The highest BCUT2D eigenvalue weighted by atomic mass is 16.3. The summed E-state index contributed by atoms with van der Waals surface area (Å²) >= 11 is 0. The van der Waals surface area contributed by atoms with E-state index in [1.165, 1.54) is 43.3 Å². The Balaban J connectivity index is 1.71. The summed E-state index contributed by atoms with van der Waals surface area (Å²) in [6.45, 7) is 15.5. The Morgan fingerprint density at radius 1 is 1.17 bits per heavy atom. The molecule has 3 unspecified atom stereocenters. The maximum atomic E-state index is 10.7. The number of hydrogen-bond donors (Lipinski definition) is 2. The van der Waals surface area contributed by atoms with Crippen LogP contribution in [0.25, 0.3) is 0 Å². The molecule has 170 valence electrons. The third kappa shape index (κ3) is 4.96. The molecule has 3 rings (SSSR count). The van der Waals surface area contributed by atoms with Gasteiger partial charge in [0.1, 0.15) is 0 Å². The molecule has 3 aliphatic carbocycles. The van der Waals surface area contributed by atoms with Gasteiger partial charge in [-0.2, -0.15) is 0 Å². The first-order valence-corrected chi connectivity index (χ1v) is 12.5. The Hall–Kier alpha value is -0.860. The zero-order chi connectivity index (χ0) is 22.1. The first kappa shape index (κ1) is 23.8. The molecule has 2 nitrogen and oxygen atoms in total. The molecule has 3 saturated carbocycles. The second kappa shape index (κ2) is 9.33. The van der Waals surface area contributed by atoms with Gasteiger partial charge in [-0.1, -0.05) is 57.6 Å². The molecule has 6 atom stereocenters. The topological polar surface area (TPSA) is 40.5 Å². The molecule has 0 aromatic carbocycles. The average Bonchev–Trinajstić information content (AvgIpc) is 3.04. The van der Waals surface area contributed by atoms with E-state index in [2.05, 4.69) is 46.4 Å². The van der Waals surface area contributed by atoms with Crippen LogP contribution in [0.15, 0.2) is 35.5 Å². The minimum Gasteiger partial charge on any atom is -0.393 e. The van der Waals surface area contributed by atoms with Gasteiger partial charge in [0.05, 0.1) is 11.7 Å². The highest BCUT2D eigenvalue weighted by molar-refractivity contribution is 5.36. The molecule has 0 bridgehead atoms. The largest absolute Gasteiger partial charge is 0.393 e. The van der Waals surface area contributed by atoms with Gasteiger partial charge in [-0.25, -0.2) is 0 Å². The SMILES string of the molecule is C=C1CC[C@H](O)C/C1=C\C=C1\CCCC2(C)C1CC[C@@H]2C(C)CC[C@@](C)(O)C(C)C. The van der Waals surface area contributed by atoms with Crippen LogP contribution in [0.3, 0.4) is 0 Å².